The number of carbonyl (C=O) groups excluding carboxylic acids is 2. The molecule has 0 amide bonds. The van der Waals surface area contributed by atoms with Gasteiger partial charge in [0.15, 0.2) is 24.3 Å². The molecule has 1 aliphatic heterocycles. The zero-order chi connectivity index (χ0) is 15.6. The molecule has 1 saturated heterocycles. The van der Waals surface area contributed by atoms with Crippen LogP contribution in [0.25, 0.3) is 0 Å². The maximum absolute atomic E-state index is 11.4. The van der Waals surface area contributed by atoms with Crippen molar-refractivity contribution in [1.82, 2.24) is 0 Å². The van der Waals surface area contributed by atoms with Crippen molar-refractivity contribution in [2.24, 2.45) is 0 Å². The van der Waals surface area contributed by atoms with Gasteiger partial charge in [-0.05, 0) is 13.0 Å². The third-order valence-corrected chi connectivity index (χ3v) is 3.31. The summed E-state index contributed by atoms with van der Waals surface area (Å²) in [5.74, 6) is -0.608. The van der Waals surface area contributed by atoms with E-state index in [1.54, 1.807) is 18.3 Å². The Morgan fingerprint density at radius 2 is 2.05 bits per heavy atom. The summed E-state index contributed by atoms with van der Waals surface area (Å²) < 4.78 is 11.8. The lowest BCUT2D eigenvalue weighted by molar-refractivity contribution is -0.765. The highest BCUT2D eigenvalue weighted by atomic mass is 16.6. The van der Waals surface area contributed by atoms with Gasteiger partial charge >= 0.3 is 5.97 Å². The zero-order valence-corrected chi connectivity index (χ0v) is 11.8. The van der Waals surface area contributed by atoms with E-state index in [0.717, 1.165) is 0 Å². The lowest BCUT2D eigenvalue weighted by atomic mass is 10.1. The lowest BCUT2D eigenvalue weighted by Crippen LogP contribution is -2.46. The monoisotopic (exact) mass is 296 g/mol. The van der Waals surface area contributed by atoms with Crippen molar-refractivity contribution in [1.29, 1.82) is 0 Å². The first-order valence-corrected chi connectivity index (χ1v) is 6.57. The van der Waals surface area contributed by atoms with E-state index in [1.807, 2.05) is 0 Å². The van der Waals surface area contributed by atoms with Gasteiger partial charge < -0.3 is 19.7 Å². The standard InChI is InChI=1S/C14H18NO6/c1-8(16)10-4-3-5-15(6-10)14-13(19)12(18)11(21-14)7-20-9(2)17/h3-6,11-14,18-19H,7H2,1-2H3/q+1/t11-,12-,13-,14-/m1/s1. The molecule has 1 aliphatic rings. The Balaban J connectivity index is 2.15. The van der Waals surface area contributed by atoms with E-state index in [1.165, 1.54) is 24.6 Å². The molecule has 0 aliphatic carbocycles. The lowest BCUT2D eigenvalue weighted by Gasteiger charge is -2.12. The molecular formula is C14H18NO6+. The van der Waals surface area contributed by atoms with E-state index in [0.29, 0.717) is 5.56 Å². The second-order valence-corrected chi connectivity index (χ2v) is 4.94. The first kappa shape index (κ1) is 15.6. The van der Waals surface area contributed by atoms with E-state index in [-0.39, 0.29) is 12.4 Å². The number of carbonyl (C=O) groups is 2. The summed E-state index contributed by atoms with van der Waals surface area (Å²) in [6.07, 6.45) is -0.860. The van der Waals surface area contributed by atoms with Crippen LogP contribution in [0.4, 0.5) is 0 Å². The Kier molecular flexibility index (Phi) is 4.66. The molecule has 0 spiro atoms. The number of aliphatic hydroxyl groups excluding tert-OH is 2. The van der Waals surface area contributed by atoms with Crippen molar-refractivity contribution in [3.05, 3.63) is 30.1 Å². The molecule has 2 N–H and O–H groups in total. The fraction of sp³-hybridized carbons (Fsp3) is 0.500. The van der Waals surface area contributed by atoms with Gasteiger partial charge in [0.1, 0.15) is 18.8 Å². The van der Waals surface area contributed by atoms with Gasteiger partial charge in [0.2, 0.25) is 0 Å². The molecule has 0 saturated carbocycles. The molecule has 0 bridgehead atoms. The second kappa shape index (κ2) is 6.30. The number of hydrogen-bond donors (Lipinski definition) is 2. The van der Waals surface area contributed by atoms with Crippen LogP contribution in [0.1, 0.15) is 30.4 Å². The van der Waals surface area contributed by atoms with Crippen molar-refractivity contribution < 1.29 is 33.8 Å². The molecule has 0 unspecified atom stereocenters. The van der Waals surface area contributed by atoms with Crippen molar-refractivity contribution in [3.8, 4) is 0 Å². The van der Waals surface area contributed by atoms with Gasteiger partial charge in [-0.25, -0.2) is 0 Å². The topological polar surface area (TPSA) is 96.9 Å². The molecule has 1 aromatic rings. The quantitative estimate of drug-likeness (QED) is 0.436. The van der Waals surface area contributed by atoms with Gasteiger partial charge in [-0.1, -0.05) is 0 Å². The first-order valence-electron chi connectivity index (χ1n) is 6.57. The number of aliphatic hydroxyl groups is 2. The number of rotatable bonds is 4. The molecule has 21 heavy (non-hydrogen) atoms. The van der Waals surface area contributed by atoms with Crippen LogP contribution >= 0.6 is 0 Å². The third-order valence-electron chi connectivity index (χ3n) is 3.31. The van der Waals surface area contributed by atoms with Crippen molar-refractivity contribution in [2.75, 3.05) is 6.61 Å². The SMILES string of the molecule is CC(=O)OC[C@H]1O[C@@H]([n+]2cccc(C(C)=O)c2)[C@H](O)[C@@H]1O. The van der Waals surface area contributed by atoms with Gasteiger partial charge in [0.05, 0.1) is 5.56 Å². The van der Waals surface area contributed by atoms with E-state index in [4.69, 9.17) is 9.47 Å². The van der Waals surface area contributed by atoms with E-state index < -0.39 is 30.5 Å². The van der Waals surface area contributed by atoms with Crippen LogP contribution in [0.3, 0.4) is 0 Å². The van der Waals surface area contributed by atoms with Crippen LogP contribution in [0, 0.1) is 0 Å². The molecule has 1 aromatic heterocycles. The second-order valence-electron chi connectivity index (χ2n) is 4.94. The van der Waals surface area contributed by atoms with Crippen LogP contribution < -0.4 is 4.57 Å². The Bertz CT molecular complexity index is 546. The molecular weight excluding hydrogens is 278 g/mol. The molecule has 7 nitrogen and oxygen atoms in total. The molecule has 7 heteroatoms. The van der Waals surface area contributed by atoms with E-state index >= 15 is 0 Å². The molecule has 0 radical (unpaired) electrons. The van der Waals surface area contributed by atoms with Gasteiger partial charge in [-0.2, -0.15) is 4.57 Å². The van der Waals surface area contributed by atoms with Gasteiger partial charge in [0, 0.05) is 13.0 Å². The largest absolute Gasteiger partial charge is 0.463 e. The summed E-state index contributed by atoms with van der Waals surface area (Å²) in [4.78, 5) is 22.2. The number of nitrogens with zero attached hydrogens (tertiary/aromatic N) is 1. The minimum Gasteiger partial charge on any atom is -0.463 e. The van der Waals surface area contributed by atoms with Crippen molar-refractivity contribution in [2.45, 2.75) is 38.4 Å². The Labute approximate surface area is 121 Å². The average Bonchev–Trinajstić information content (AvgIpc) is 2.73. The molecule has 0 aromatic carbocycles. The Morgan fingerprint density at radius 1 is 1.33 bits per heavy atom. The van der Waals surface area contributed by atoms with Crippen molar-refractivity contribution >= 4 is 11.8 Å². The molecule has 1 fully saturated rings. The number of esters is 1. The number of Topliss-reactive ketones (excluding diaryl/α,β-unsaturated/α-hetero) is 1. The van der Waals surface area contributed by atoms with Crippen molar-refractivity contribution in [3.63, 3.8) is 0 Å². The maximum Gasteiger partial charge on any atom is 0.302 e. The minimum absolute atomic E-state index is 0.117. The van der Waals surface area contributed by atoms with Crippen LogP contribution in [0.15, 0.2) is 24.5 Å². The molecule has 114 valence electrons. The highest BCUT2D eigenvalue weighted by molar-refractivity contribution is 5.93. The number of pyridine rings is 1. The number of ketones is 1. The van der Waals surface area contributed by atoms with Crippen LogP contribution in [0.5, 0.6) is 0 Å². The van der Waals surface area contributed by atoms with Crippen LogP contribution in [0.2, 0.25) is 0 Å². The molecule has 2 heterocycles. The fourth-order valence-corrected chi connectivity index (χ4v) is 2.17. The predicted octanol–water partition coefficient (Wildman–Crippen LogP) is -0.641. The molecule has 2 rings (SSSR count). The van der Waals surface area contributed by atoms with Gasteiger partial charge in [0.25, 0.3) is 6.23 Å². The van der Waals surface area contributed by atoms with E-state index in [2.05, 4.69) is 0 Å². The maximum atomic E-state index is 11.4. The highest BCUT2D eigenvalue weighted by Crippen LogP contribution is 2.25. The minimum atomic E-state index is -1.18. The zero-order valence-electron chi connectivity index (χ0n) is 11.8. The molecule has 4 atom stereocenters. The Morgan fingerprint density at radius 3 is 2.67 bits per heavy atom. The van der Waals surface area contributed by atoms with E-state index in [9.17, 15) is 19.8 Å². The smallest absolute Gasteiger partial charge is 0.302 e. The summed E-state index contributed by atoms with van der Waals surface area (Å²) in [5, 5.41) is 20.0. The summed E-state index contributed by atoms with van der Waals surface area (Å²) in [7, 11) is 0. The number of ether oxygens (including phenoxy) is 2. The van der Waals surface area contributed by atoms with Crippen LogP contribution in [-0.4, -0.2) is 46.9 Å². The average molecular weight is 296 g/mol. The summed E-state index contributed by atoms with van der Waals surface area (Å²) in [5.41, 5.74) is 0.464. The third kappa shape index (κ3) is 3.44. The van der Waals surface area contributed by atoms with Gasteiger partial charge in [-0.15, -0.1) is 0 Å². The Hall–Kier alpha value is -1.83. The summed E-state index contributed by atoms with van der Waals surface area (Å²) in [6.45, 7) is 2.54. The summed E-state index contributed by atoms with van der Waals surface area (Å²) >= 11 is 0. The number of hydrogen-bond acceptors (Lipinski definition) is 6. The highest BCUT2D eigenvalue weighted by Gasteiger charge is 2.48. The normalized spacial score (nSPS) is 28.4. The van der Waals surface area contributed by atoms with Gasteiger partial charge in [-0.3, -0.25) is 9.59 Å². The fourth-order valence-electron chi connectivity index (χ4n) is 2.17. The van der Waals surface area contributed by atoms with Crippen LogP contribution in [-0.2, 0) is 14.3 Å². The summed E-state index contributed by atoms with van der Waals surface area (Å²) in [6, 6.07) is 3.30. The first-order chi connectivity index (χ1) is 9.90. The predicted molar refractivity (Wildman–Crippen MR) is 69.2 cm³/mol. The number of aromatic nitrogens is 1.